The van der Waals surface area contributed by atoms with Crippen LogP contribution in [0.5, 0.6) is 0 Å². The molecule has 0 fully saturated rings. The largest absolute Gasteiger partial charge is 0.481 e. The van der Waals surface area contributed by atoms with E-state index < -0.39 is 11.9 Å². The molecule has 0 radical (unpaired) electrons. The molecule has 0 bridgehead atoms. The van der Waals surface area contributed by atoms with Crippen LogP contribution in [0, 0.1) is 5.92 Å². The van der Waals surface area contributed by atoms with E-state index in [1.807, 2.05) is 6.08 Å². The molecule has 148 valence electrons. The number of allylic oxidation sites excluding steroid dienone is 2. The van der Waals surface area contributed by atoms with Crippen molar-refractivity contribution in [2.75, 3.05) is 6.54 Å². The molecule has 0 aromatic rings. The average Bonchev–Trinajstić information content (AvgIpc) is 3.00. The molecule has 1 aliphatic rings. The Morgan fingerprint density at radius 3 is 2.63 bits per heavy atom. The summed E-state index contributed by atoms with van der Waals surface area (Å²) in [6.45, 7) is 12.0. The minimum absolute atomic E-state index is 0.0584. The summed E-state index contributed by atoms with van der Waals surface area (Å²) in [5, 5.41) is 20.6. The number of carboxylic acids is 2. The number of carbonyl (C=O) groups is 2. The van der Waals surface area contributed by atoms with Crippen molar-refractivity contribution in [1.82, 2.24) is 4.90 Å². The van der Waals surface area contributed by atoms with Crippen LogP contribution in [0.1, 0.15) is 33.1 Å². The third-order valence-electron chi connectivity index (χ3n) is 4.54. The van der Waals surface area contributed by atoms with Crippen LogP contribution in [0.3, 0.4) is 0 Å². The maximum atomic E-state index is 11.3. The highest BCUT2D eigenvalue weighted by Gasteiger charge is 2.32. The fraction of sp³-hybridized carbons (Fsp3) is 0.450. The minimum Gasteiger partial charge on any atom is -0.481 e. The molecule has 7 heteroatoms. The normalized spacial score (nSPS) is 19.6. The number of hydrogen-bond donors (Lipinski definition) is 2. The van der Waals surface area contributed by atoms with Gasteiger partial charge in [0, 0.05) is 12.5 Å². The van der Waals surface area contributed by atoms with E-state index in [0.717, 1.165) is 11.6 Å². The van der Waals surface area contributed by atoms with E-state index in [-0.39, 0.29) is 30.0 Å². The molecule has 3 unspecified atom stereocenters. The zero-order valence-electron chi connectivity index (χ0n) is 15.9. The lowest BCUT2D eigenvalue weighted by Crippen LogP contribution is -2.44. The number of hydrogen-bond acceptors (Lipinski definition) is 5. The van der Waals surface area contributed by atoms with Crippen LogP contribution < -0.4 is 0 Å². The summed E-state index contributed by atoms with van der Waals surface area (Å²) in [5.74, 6) is -1.53. The lowest BCUT2D eigenvalue weighted by atomic mass is 9.95. The van der Waals surface area contributed by atoms with E-state index in [4.69, 9.17) is 5.11 Å². The van der Waals surface area contributed by atoms with Crippen LogP contribution >= 0.6 is 11.8 Å². The van der Waals surface area contributed by atoms with Gasteiger partial charge in [-0.25, -0.2) is 4.79 Å². The van der Waals surface area contributed by atoms with Gasteiger partial charge in [-0.3, -0.25) is 9.79 Å². The molecule has 0 aromatic carbocycles. The summed E-state index contributed by atoms with van der Waals surface area (Å²) in [6.07, 6.45) is 7.92. The molecule has 0 aliphatic carbocycles. The molecule has 1 rings (SSSR count). The minimum atomic E-state index is -1.01. The predicted octanol–water partition coefficient (Wildman–Crippen LogP) is 3.94. The van der Waals surface area contributed by atoms with Gasteiger partial charge in [0.25, 0.3) is 0 Å². The van der Waals surface area contributed by atoms with Crippen LogP contribution in [-0.2, 0) is 9.59 Å². The second kappa shape index (κ2) is 11.4. The van der Waals surface area contributed by atoms with Crippen molar-refractivity contribution in [1.29, 1.82) is 0 Å². The molecule has 2 N–H and O–H groups in total. The van der Waals surface area contributed by atoms with Gasteiger partial charge in [0.1, 0.15) is 0 Å². The Labute approximate surface area is 165 Å². The van der Waals surface area contributed by atoms with Crippen LogP contribution in [0.25, 0.3) is 0 Å². The van der Waals surface area contributed by atoms with E-state index in [0.29, 0.717) is 13.0 Å². The average molecular weight is 393 g/mol. The Morgan fingerprint density at radius 2 is 2.07 bits per heavy atom. The van der Waals surface area contributed by atoms with Gasteiger partial charge in [-0.1, -0.05) is 44.0 Å². The zero-order chi connectivity index (χ0) is 20.4. The molecule has 3 atom stereocenters. The monoisotopic (exact) mass is 392 g/mol. The number of nitrogens with zero attached hydrogens (tertiary/aromatic N) is 2. The van der Waals surface area contributed by atoms with E-state index in [1.54, 1.807) is 11.5 Å². The highest BCUT2D eigenvalue weighted by atomic mass is 32.2. The van der Waals surface area contributed by atoms with Crippen molar-refractivity contribution in [3.05, 3.63) is 48.4 Å². The van der Waals surface area contributed by atoms with E-state index in [2.05, 4.69) is 36.9 Å². The molecule has 0 saturated heterocycles. The topological polar surface area (TPSA) is 90.2 Å². The van der Waals surface area contributed by atoms with Gasteiger partial charge >= 0.3 is 11.9 Å². The SMILES string of the molecule is C=C/C=C(\C=CC1CN=C(SC=C)N1C(C)C(C)CCCC(=O)O)C(=O)O. The quantitative estimate of drug-likeness (QED) is 0.409. The molecule has 0 saturated carbocycles. The molecule has 1 aliphatic heterocycles. The molecule has 27 heavy (non-hydrogen) atoms. The number of aliphatic carboxylic acids is 2. The first kappa shape index (κ1) is 22.8. The maximum Gasteiger partial charge on any atom is 0.335 e. The summed E-state index contributed by atoms with van der Waals surface area (Å²) in [6, 6.07) is 0.0655. The first-order valence-electron chi connectivity index (χ1n) is 8.88. The van der Waals surface area contributed by atoms with E-state index in [9.17, 15) is 14.7 Å². The van der Waals surface area contributed by atoms with Gasteiger partial charge in [0.15, 0.2) is 5.17 Å². The first-order chi connectivity index (χ1) is 12.8. The Bertz CT molecular complexity index is 654. The third kappa shape index (κ3) is 7.09. The van der Waals surface area contributed by atoms with Crippen LogP contribution in [-0.4, -0.2) is 50.8 Å². The summed E-state index contributed by atoms with van der Waals surface area (Å²) >= 11 is 1.44. The molecule has 6 nitrogen and oxygen atoms in total. The van der Waals surface area contributed by atoms with Crippen molar-refractivity contribution < 1.29 is 19.8 Å². The van der Waals surface area contributed by atoms with Gasteiger partial charge in [-0.2, -0.15) is 0 Å². The summed E-state index contributed by atoms with van der Waals surface area (Å²) in [7, 11) is 0. The fourth-order valence-electron chi connectivity index (χ4n) is 2.92. The van der Waals surface area contributed by atoms with Gasteiger partial charge in [0.2, 0.25) is 0 Å². The Kier molecular flexibility index (Phi) is 9.64. The number of rotatable bonds is 11. The van der Waals surface area contributed by atoms with Gasteiger partial charge in [-0.15, -0.1) is 0 Å². The molecular weight excluding hydrogens is 364 g/mol. The number of aliphatic imine (C=N–C) groups is 1. The summed E-state index contributed by atoms with van der Waals surface area (Å²) in [4.78, 5) is 28.8. The highest BCUT2D eigenvalue weighted by molar-refractivity contribution is 8.16. The number of amidine groups is 1. The predicted molar refractivity (Wildman–Crippen MR) is 111 cm³/mol. The van der Waals surface area contributed by atoms with Crippen LogP contribution in [0.15, 0.2) is 53.4 Å². The van der Waals surface area contributed by atoms with Crippen molar-refractivity contribution in [2.24, 2.45) is 10.9 Å². The van der Waals surface area contributed by atoms with Gasteiger partial charge in [0.05, 0.1) is 18.2 Å². The van der Waals surface area contributed by atoms with Crippen molar-refractivity contribution in [2.45, 2.75) is 45.2 Å². The standard InChI is InChI=1S/C20H28N2O4S/c1-5-8-16(19(25)26)11-12-17-13-21-20(27-6-2)22(17)15(4)14(3)9-7-10-18(23)24/h5-6,8,11-12,14-15,17H,1-2,7,9-10,13H2,3-4H3,(H,23,24)(H,25,26)/b12-11?,16-8+. The van der Waals surface area contributed by atoms with E-state index in [1.165, 1.54) is 23.9 Å². The van der Waals surface area contributed by atoms with Gasteiger partial charge in [-0.05, 0) is 43.2 Å². The second-order valence-electron chi connectivity index (χ2n) is 6.41. The maximum absolute atomic E-state index is 11.3. The Hall–Kier alpha value is -2.28. The lowest BCUT2D eigenvalue weighted by molar-refractivity contribution is -0.137. The molecular formula is C20H28N2O4S. The Balaban J connectivity index is 2.93. The first-order valence-corrected chi connectivity index (χ1v) is 9.76. The molecule has 1 heterocycles. The Morgan fingerprint density at radius 1 is 1.37 bits per heavy atom. The summed E-state index contributed by atoms with van der Waals surface area (Å²) < 4.78 is 0. The lowest BCUT2D eigenvalue weighted by Gasteiger charge is -2.35. The zero-order valence-corrected chi connectivity index (χ0v) is 16.7. The van der Waals surface area contributed by atoms with E-state index >= 15 is 0 Å². The van der Waals surface area contributed by atoms with Crippen molar-refractivity contribution in [3.8, 4) is 0 Å². The molecule has 0 spiro atoms. The van der Waals surface area contributed by atoms with Crippen molar-refractivity contribution >= 4 is 28.9 Å². The van der Waals surface area contributed by atoms with Crippen LogP contribution in [0.4, 0.5) is 0 Å². The van der Waals surface area contributed by atoms with Crippen LogP contribution in [0.2, 0.25) is 0 Å². The molecule has 0 amide bonds. The number of thioether (sulfide) groups is 1. The fourth-order valence-corrected chi connectivity index (χ4v) is 3.64. The smallest absolute Gasteiger partial charge is 0.335 e. The third-order valence-corrected chi connectivity index (χ3v) is 5.25. The highest BCUT2D eigenvalue weighted by Crippen LogP contribution is 2.28. The van der Waals surface area contributed by atoms with Gasteiger partial charge < -0.3 is 15.1 Å². The summed E-state index contributed by atoms with van der Waals surface area (Å²) in [5.41, 5.74) is 0.164. The second-order valence-corrected chi connectivity index (χ2v) is 7.34. The molecule has 0 aromatic heterocycles. The van der Waals surface area contributed by atoms with Crippen molar-refractivity contribution in [3.63, 3.8) is 0 Å². The number of carboxylic acid groups (broad SMARTS) is 2.